The summed E-state index contributed by atoms with van der Waals surface area (Å²) in [6, 6.07) is 2.17. The van der Waals surface area contributed by atoms with E-state index in [0.29, 0.717) is 5.69 Å². The Balaban J connectivity index is 2.42. The van der Waals surface area contributed by atoms with Crippen LogP contribution in [0.15, 0.2) is 24.5 Å². The van der Waals surface area contributed by atoms with E-state index in [-0.39, 0.29) is 17.2 Å². The molecular formula is C10H9N5O4. The molecule has 0 aliphatic carbocycles. The predicted molar refractivity (Wildman–Crippen MR) is 64.3 cm³/mol. The van der Waals surface area contributed by atoms with E-state index in [4.69, 9.17) is 5.11 Å². The van der Waals surface area contributed by atoms with Crippen molar-refractivity contribution in [2.75, 3.05) is 5.32 Å². The molecule has 0 aliphatic heterocycles. The smallest absolute Gasteiger partial charge is 0.354 e. The number of nitro groups is 1. The van der Waals surface area contributed by atoms with Gasteiger partial charge in [0.1, 0.15) is 0 Å². The molecular weight excluding hydrogens is 254 g/mol. The minimum absolute atomic E-state index is 0.141. The minimum Gasteiger partial charge on any atom is -0.477 e. The molecule has 0 radical (unpaired) electrons. The van der Waals surface area contributed by atoms with E-state index in [1.54, 1.807) is 13.2 Å². The molecule has 0 spiro atoms. The molecule has 19 heavy (non-hydrogen) atoms. The highest BCUT2D eigenvalue weighted by Gasteiger charge is 2.18. The summed E-state index contributed by atoms with van der Waals surface area (Å²) in [7, 11) is 1.68. The first-order chi connectivity index (χ1) is 8.97. The number of aromatic nitrogens is 3. The van der Waals surface area contributed by atoms with E-state index in [1.807, 2.05) is 0 Å². The lowest BCUT2D eigenvalue weighted by molar-refractivity contribution is -0.384. The molecule has 9 nitrogen and oxygen atoms in total. The topological polar surface area (TPSA) is 123 Å². The number of hydrogen-bond donors (Lipinski definition) is 2. The number of hydrogen-bond acceptors (Lipinski definition) is 6. The summed E-state index contributed by atoms with van der Waals surface area (Å²) < 4.78 is 1.50. The molecule has 0 aromatic carbocycles. The maximum Gasteiger partial charge on any atom is 0.354 e. The lowest BCUT2D eigenvalue weighted by atomic mass is 10.3. The third-order valence-electron chi connectivity index (χ3n) is 2.26. The number of carboxylic acids is 1. The van der Waals surface area contributed by atoms with Gasteiger partial charge in [-0.2, -0.15) is 5.10 Å². The predicted octanol–water partition coefficient (Wildman–Crippen LogP) is 1.17. The van der Waals surface area contributed by atoms with Gasteiger partial charge >= 0.3 is 11.7 Å². The van der Waals surface area contributed by atoms with Gasteiger partial charge in [-0.1, -0.05) is 0 Å². The monoisotopic (exact) mass is 263 g/mol. The lowest BCUT2D eigenvalue weighted by Crippen LogP contribution is -2.05. The van der Waals surface area contributed by atoms with Gasteiger partial charge < -0.3 is 10.4 Å². The maximum absolute atomic E-state index is 10.9. The third kappa shape index (κ3) is 2.65. The van der Waals surface area contributed by atoms with Crippen LogP contribution in [0.4, 0.5) is 17.2 Å². The van der Waals surface area contributed by atoms with Crippen molar-refractivity contribution in [3.63, 3.8) is 0 Å². The van der Waals surface area contributed by atoms with Gasteiger partial charge in [-0.05, 0) is 6.07 Å². The van der Waals surface area contributed by atoms with E-state index in [1.165, 1.54) is 10.9 Å². The highest BCUT2D eigenvalue weighted by atomic mass is 16.6. The van der Waals surface area contributed by atoms with Crippen LogP contribution in [0.2, 0.25) is 0 Å². The zero-order valence-electron chi connectivity index (χ0n) is 9.77. The number of aromatic carboxylic acids is 1. The van der Waals surface area contributed by atoms with E-state index < -0.39 is 10.9 Å². The number of carboxylic acid groups (broad SMARTS) is 1. The molecule has 2 rings (SSSR count). The fourth-order valence-corrected chi connectivity index (χ4v) is 1.43. The summed E-state index contributed by atoms with van der Waals surface area (Å²) in [4.78, 5) is 24.7. The van der Waals surface area contributed by atoms with Crippen molar-refractivity contribution in [2.24, 2.45) is 7.05 Å². The highest BCUT2D eigenvalue weighted by Crippen LogP contribution is 2.25. The van der Waals surface area contributed by atoms with Crippen LogP contribution in [0, 0.1) is 10.1 Å². The average Bonchev–Trinajstić information content (AvgIpc) is 2.74. The number of rotatable bonds is 4. The molecule has 9 heteroatoms. The second-order valence-electron chi connectivity index (χ2n) is 3.65. The Labute approximate surface area is 106 Å². The van der Waals surface area contributed by atoms with Gasteiger partial charge in [0.25, 0.3) is 0 Å². The number of carbonyl (C=O) groups is 1. The SMILES string of the molecule is Cn1cc(Nc2nc(C(=O)O)ccc2[N+](=O)[O-])cn1. The Kier molecular flexibility index (Phi) is 3.10. The Bertz CT molecular complexity index is 651. The zero-order chi connectivity index (χ0) is 14.0. The van der Waals surface area contributed by atoms with E-state index in [2.05, 4.69) is 15.4 Å². The molecule has 0 saturated carbocycles. The molecule has 98 valence electrons. The Morgan fingerprint density at radius 2 is 2.26 bits per heavy atom. The second kappa shape index (κ2) is 4.72. The minimum atomic E-state index is -1.26. The first-order valence-electron chi connectivity index (χ1n) is 5.12. The van der Waals surface area contributed by atoms with E-state index in [9.17, 15) is 14.9 Å². The summed E-state index contributed by atoms with van der Waals surface area (Å²) in [5.74, 6) is -1.40. The van der Waals surface area contributed by atoms with Crippen LogP contribution in [0.25, 0.3) is 0 Å². The molecule has 2 N–H and O–H groups in total. The number of nitrogens with zero attached hydrogens (tertiary/aromatic N) is 4. The second-order valence-corrected chi connectivity index (χ2v) is 3.65. The Morgan fingerprint density at radius 3 is 2.79 bits per heavy atom. The first-order valence-corrected chi connectivity index (χ1v) is 5.12. The molecule has 0 bridgehead atoms. The van der Waals surface area contributed by atoms with Crippen LogP contribution in [-0.4, -0.2) is 30.8 Å². The van der Waals surface area contributed by atoms with E-state index >= 15 is 0 Å². The summed E-state index contributed by atoms with van der Waals surface area (Å²) in [5, 5.41) is 26.2. The van der Waals surface area contributed by atoms with Crippen molar-refractivity contribution in [3.8, 4) is 0 Å². The van der Waals surface area contributed by atoms with E-state index in [0.717, 1.165) is 12.1 Å². The molecule has 0 unspecified atom stereocenters. The van der Waals surface area contributed by atoms with Gasteiger partial charge in [0.05, 0.1) is 16.8 Å². The summed E-state index contributed by atoms with van der Waals surface area (Å²) >= 11 is 0. The molecule has 2 heterocycles. The highest BCUT2D eigenvalue weighted by molar-refractivity contribution is 5.86. The number of anilines is 2. The molecule has 0 aliphatic rings. The van der Waals surface area contributed by atoms with Gasteiger partial charge in [-0.25, -0.2) is 9.78 Å². The van der Waals surface area contributed by atoms with Gasteiger partial charge in [-0.15, -0.1) is 0 Å². The van der Waals surface area contributed by atoms with Crippen molar-refractivity contribution in [3.05, 3.63) is 40.3 Å². The molecule has 0 saturated heterocycles. The van der Waals surface area contributed by atoms with Crippen LogP contribution in [-0.2, 0) is 7.05 Å². The fourth-order valence-electron chi connectivity index (χ4n) is 1.43. The number of pyridine rings is 1. The zero-order valence-corrected chi connectivity index (χ0v) is 9.77. The number of aryl methyl sites for hydroxylation is 1. The largest absolute Gasteiger partial charge is 0.477 e. The van der Waals surface area contributed by atoms with Gasteiger partial charge in [0, 0.05) is 19.3 Å². The van der Waals surface area contributed by atoms with Crippen molar-refractivity contribution in [1.82, 2.24) is 14.8 Å². The van der Waals surface area contributed by atoms with Crippen LogP contribution in [0.5, 0.6) is 0 Å². The summed E-state index contributed by atoms with van der Waals surface area (Å²) in [6.07, 6.45) is 3.03. The quantitative estimate of drug-likeness (QED) is 0.626. The molecule has 2 aromatic heterocycles. The molecule has 0 amide bonds. The normalized spacial score (nSPS) is 10.2. The molecule has 0 atom stereocenters. The van der Waals surface area contributed by atoms with Gasteiger partial charge in [0.15, 0.2) is 5.69 Å². The lowest BCUT2D eigenvalue weighted by Gasteiger charge is -2.04. The van der Waals surface area contributed by atoms with Crippen molar-refractivity contribution < 1.29 is 14.8 Å². The van der Waals surface area contributed by atoms with Crippen molar-refractivity contribution >= 4 is 23.2 Å². The van der Waals surface area contributed by atoms with Gasteiger partial charge in [0.2, 0.25) is 5.82 Å². The van der Waals surface area contributed by atoms with Gasteiger partial charge in [-0.3, -0.25) is 14.8 Å². The van der Waals surface area contributed by atoms with Crippen LogP contribution in [0.3, 0.4) is 0 Å². The fraction of sp³-hybridized carbons (Fsp3) is 0.100. The molecule has 0 fully saturated rings. The third-order valence-corrected chi connectivity index (χ3v) is 2.26. The van der Waals surface area contributed by atoms with Crippen molar-refractivity contribution in [1.29, 1.82) is 0 Å². The molecule has 2 aromatic rings. The average molecular weight is 263 g/mol. The first kappa shape index (κ1) is 12.5. The number of nitrogens with one attached hydrogen (secondary N) is 1. The van der Waals surface area contributed by atoms with Crippen molar-refractivity contribution in [2.45, 2.75) is 0 Å². The maximum atomic E-state index is 10.9. The summed E-state index contributed by atoms with van der Waals surface area (Å²) in [6.45, 7) is 0. The standard InChI is InChI=1S/C10H9N5O4/c1-14-5-6(4-11-14)12-9-8(15(18)19)3-2-7(13-9)10(16)17/h2-5H,1H3,(H,12,13)(H,16,17). The van der Waals surface area contributed by atoms with Crippen LogP contribution < -0.4 is 5.32 Å². The Hall–Kier alpha value is -2.97. The summed E-state index contributed by atoms with van der Waals surface area (Å²) in [5.41, 5.74) is -0.119. The Morgan fingerprint density at radius 1 is 1.53 bits per heavy atom. The van der Waals surface area contributed by atoms with Crippen LogP contribution >= 0.6 is 0 Å². The van der Waals surface area contributed by atoms with Crippen LogP contribution in [0.1, 0.15) is 10.5 Å².